The molecular formula is C23H34N2O5+2. The number of benzene rings is 2. The van der Waals surface area contributed by atoms with Crippen molar-refractivity contribution in [2.24, 2.45) is 0 Å². The molecule has 0 bridgehead atoms. The summed E-state index contributed by atoms with van der Waals surface area (Å²) >= 11 is 0. The van der Waals surface area contributed by atoms with Gasteiger partial charge in [0.25, 0.3) is 0 Å². The minimum Gasteiger partial charge on any atom is -0.497 e. The van der Waals surface area contributed by atoms with Crippen molar-refractivity contribution >= 4 is 0 Å². The normalized spacial score (nSPS) is 18.6. The Kier molecular flexibility index (Phi) is 7.65. The lowest BCUT2D eigenvalue weighted by Crippen LogP contribution is -3.27. The van der Waals surface area contributed by atoms with E-state index in [-0.39, 0.29) is 0 Å². The summed E-state index contributed by atoms with van der Waals surface area (Å²) in [4.78, 5) is 3.14. The van der Waals surface area contributed by atoms with Crippen LogP contribution in [0.5, 0.6) is 28.7 Å². The van der Waals surface area contributed by atoms with E-state index in [1.807, 2.05) is 12.1 Å². The number of rotatable bonds is 9. The van der Waals surface area contributed by atoms with Crippen molar-refractivity contribution in [3.63, 3.8) is 0 Å². The quantitative estimate of drug-likeness (QED) is 0.610. The standard InChI is InChI=1S/C23H32N2O5/c1-26-19-7-6-18(20(14-19)27-2)16-25-10-8-24(9-11-25)15-17-12-21(28-3)23(30-5)22(13-17)29-4/h6-7,12-14H,8-11,15-16H2,1-5H3/p+2. The molecule has 0 spiro atoms. The molecule has 1 fully saturated rings. The fourth-order valence-electron chi connectivity index (χ4n) is 4.10. The number of methoxy groups -OCH3 is 5. The Hall–Kier alpha value is -2.64. The zero-order chi connectivity index (χ0) is 21.5. The highest BCUT2D eigenvalue weighted by atomic mass is 16.5. The molecule has 1 saturated heterocycles. The molecule has 3 rings (SSSR count). The van der Waals surface area contributed by atoms with Gasteiger partial charge >= 0.3 is 0 Å². The number of piperazine rings is 1. The lowest BCUT2D eigenvalue weighted by Gasteiger charge is -2.30. The van der Waals surface area contributed by atoms with Gasteiger partial charge in [0.2, 0.25) is 5.75 Å². The number of nitrogens with one attached hydrogen (secondary N) is 2. The molecule has 1 aliphatic rings. The van der Waals surface area contributed by atoms with Gasteiger partial charge in [0, 0.05) is 17.2 Å². The van der Waals surface area contributed by atoms with Crippen LogP contribution >= 0.6 is 0 Å². The molecule has 0 aromatic heterocycles. The molecule has 0 amide bonds. The van der Waals surface area contributed by atoms with E-state index in [9.17, 15) is 0 Å². The van der Waals surface area contributed by atoms with Gasteiger partial charge in [-0.05, 0) is 24.3 Å². The van der Waals surface area contributed by atoms with Crippen molar-refractivity contribution in [2.75, 3.05) is 61.7 Å². The molecule has 164 valence electrons. The van der Waals surface area contributed by atoms with E-state index in [1.54, 1.807) is 45.3 Å². The molecular weight excluding hydrogens is 384 g/mol. The van der Waals surface area contributed by atoms with Gasteiger partial charge in [-0.1, -0.05) is 0 Å². The highest BCUT2D eigenvalue weighted by Crippen LogP contribution is 2.38. The zero-order valence-electron chi connectivity index (χ0n) is 18.7. The Morgan fingerprint density at radius 1 is 0.633 bits per heavy atom. The highest BCUT2D eigenvalue weighted by Gasteiger charge is 2.25. The van der Waals surface area contributed by atoms with Gasteiger partial charge < -0.3 is 33.5 Å². The first-order valence-electron chi connectivity index (χ1n) is 10.3. The molecule has 2 aromatic rings. The fourth-order valence-corrected chi connectivity index (χ4v) is 4.10. The summed E-state index contributed by atoms with van der Waals surface area (Å²) < 4.78 is 27.3. The van der Waals surface area contributed by atoms with E-state index in [0.717, 1.165) is 50.8 Å². The van der Waals surface area contributed by atoms with Crippen molar-refractivity contribution in [1.29, 1.82) is 0 Å². The molecule has 7 heteroatoms. The molecule has 2 N–H and O–H groups in total. The maximum atomic E-state index is 5.56. The summed E-state index contributed by atoms with van der Waals surface area (Å²) in [5.41, 5.74) is 2.42. The van der Waals surface area contributed by atoms with Gasteiger partial charge in [-0.3, -0.25) is 0 Å². The molecule has 30 heavy (non-hydrogen) atoms. The number of ether oxygens (including phenoxy) is 5. The van der Waals surface area contributed by atoms with Crippen LogP contribution in [0.15, 0.2) is 30.3 Å². The lowest BCUT2D eigenvalue weighted by atomic mass is 10.1. The Bertz CT molecular complexity index is 809. The maximum absolute atomic E-state index is 5.56. The molecule has 0 aliphatic carbocycles. The van der Waals surface area contributed by atoms with Gasteiger partial charge in [-0.2, -0.15) is 0 Å². The predicted molar refractivity (Wildman–Crippen MR) is 114 cm³/mol. The molecule has 1 heterocycles. The number of quaternary nitrogens is 2. The summed E-state index contributed by atoms with van der Waals surface area (Å²) in [6.45, 7) is 6.37. The second-order valence-electron chi connectivity index (χ2n) is 7.56. The van der Waals surface area contributed by atoms with Crippen molar-refractivity contribution in [3.8, 4) is 28.7 Å². The minimum absolute atomic E-state index is 0.640. The molecule has 0 radical (unpaired) electrons. The SMILES string of the molecule is COc1ccc(C[NH+]2CC[NH+](Cc3cc(OC)c(OC)c(OC)c3)CC2)c(OC)c1. The average Bonchev–Trinajstić information content (AvgIpc) is 2.79. The van der Waals surface area contributed by atoms with Gasteiger partial charge in [-0.25, -0.2) is 0 Å². The number of hydrogen-bond acceptors (Lipinski definition) is 5. The smallest absolute Gasteiger partial charge is 0.203 e. The summed E-state index contributed by atoms with van der Waals surface area (Å²) in [6.07, 6.45) is 0. The Morgan fingerprint density at radius 2 is 1.20 bits per heavy atom. The van der Waals surface area contributed by atoms with Crippen LogP contribution in [-0.4, -0.2) is 61.7 Å². The van der Waals surface area contributed by atoms with Crippen molar-refractivity contribution in [2.45, 2.75) is 13.1 Å². The van der Waals surface area contributed by atoms with Crippen LogP contribution in [-0.2, 0) is 13.1 Å². The van der Waals surface area contributed by atoms with Crippen LogP contribution < -0.4 is 33.5 Å². The van der Waals surface area contributed by atoms with Crippen LogP contribution in [0.25, 0.3) is 0 Å². The van der Waals surface area contributed by atoms with Crippen LogP contribution in [0.1, 0.15) is 11.1 Å². The van der Waals surface area contributed by atoms with Crippen molar-refractivity contribution in [1.82, 2.24) is 0 Å². The van der Waals surface area contributed by atoms with E-state index >= 15 is 0 Å². The first-order valence-corrected chi connectivity index (χ1v) is 10.3. The highest BCUT2D eigenvalue weighted by molar-refractivity contribution is 5.53. The minimum atomic E-state index is 0.640. The Balaban J connectivity index is 1.60. The van der Waals surface area contributed by atoms with E-state index in [4.69, 9.17) is 23.7 Å². The molecule has 0 saturated carbocycles. The first kappa shape index (κ1) is 22.1. The van der Waals surface area contributed by atoms with Gasteiger partial charge in [0.05, 0.1) is 35.5 Å². The summed E-state index contributed by atoms with van der Waals surface area (Å²) in [7, 11) is 8.33. The van der Waals surface area contributed by atoms with Gasteiger partial charge in [-0.15, -0.1) is 0 Å². The monoisotopic (exact) mass is 418 g/mol. The summed E-state index contributed by atoms with van der Waals surface area (Å²) in [5.74, 6) is 3.78. The first-order chi connectivity index (χ1) is 14.6. The molecule has 0 atom stereocenters. The third kappa shape index (κ3) is 5.09. The van der Waals surface area contributed by atoms with E-state index in [1.165, 1.54) is 11.1 Å². The van der Waals surface area contributed by atoms with E-state index in [0.29, 0.717) is 17.2 Å². The molecule has 7 nitrogen and oxygen atoms in total. The largest absolute Gasteiger partial charge is 0.497 e. The van der Waals surface area contributed by atoms with Crippen LogP contribution in [0.4, 0.5) is 0 Å². The van der Waals surface area contributed by atoms with Crippen LogP contribution in [0, 0.1) is 0 Å². The van der Waals surface area contributed by atoms with Crippen LogP contribution in [0.3, 0.4) is 0 Å². The Morgan fingerprint density at radius 3 is 1.70 bits per heavy atom. The third-order valence-corrected chi connectivity index (χ3v) is 5.78. The third-order valence-electron chi connectivity index (χ3n) is 5.78. The summed E-state index contributed by atoms with van der Waals surface area (Å²) in [5, 5.41) is 0. The van der Waals surface area contributed by atoms with Crippen molar-refractivity contribution < 1.29 is 33.5 Å². The lowest BCUT2D eigenvalue weighted by molar-refractivity contribution is -1.02. The zero-order valence-corrected chi connectivity index (χ0v) is 18.7. The van der Waals surface area contributed by atoms with Crippen molar-refractivity contribution in [3.05, 3.63) is 41.5 Å². The van der Waals surface area contributed by atoms with Crippen LogP contribution in [0.2, 0.25) is 0 Å². The van der Waals surface area contributed by atoms with E-state index < -0.39 is 0 Å². The maximum Gasteiger partial charge on any atom is 0.203 e. The second kappa shape index (κ2) is 10.4. The van der Waals surface area contributed by atoms with Gasteiger partial charge in [0.1, 0.15) is 50.8 Å². The second-order valence-corrected chi connectivity index (χ2v) is 7.56. The molecule has 0 unspecified atom stereocenters. The summed E-state index contributed by atoms with van der Waals surface area (Å²) in [6, 6.07) is 10.2. The van der Waals surface area contributed by atoms with Gasteiger partial charge in [0.15, 0.2) is 11.5 Å². The Labute approximate surface area is 179 Å². The van der Waals surface area contributed by atoms with E-state index in [2.05, 4.69) is 18.2 Å². The number of hydrogen-bond donors (Lipinski definition) is 2. The molecule has 2 aromatic carbocycles. The fraction of sp³-hybridized carbons (Fsp3) is 0.478. The predicted octanol–water partition coefficient (Wildman–Crippen LogP) is 0.213. The molecule has 1 aliphatic heterocycles. The average molecular weight is 419 g/mol. The topological polar surface area (TPSA) is 55.0 Å².